The van der Waals surface area contributed by atoms with Crippen LogP contribution in [0.4, 0.5) is 8.78 Å². The van der Waals surface area contributed by atoms with Gasteiger partial charge in [-0.05, 0) is 12.8 Å². The average Bonchev–Trinajstić information content (AvgIpc) is 2.03. The van der Waals surface area contributed by atoms with Gasteiger partial charge in [-0.3, -0.25) is 4.39 Å². The van der Waals surface area contributed by atoms with Crippen molar-refractivity contribution in [3.05, 3.63) is 0 Å². The lowest BCUT2D eigenvalue weighted by Crippen LogP contribution is -2.20. The standard InChI is InChI=1S/C8H16F2O2/c9-6-4-2-1-3-5-7(10)8(11)12/h7-8,11-12H,1-6H2. The highest BCUT2D eigenvalue weighted by atomic mass is 19.1. The zero-order chi connectivity index (χ0) is 9.40. The topological polar surface area (TPSA) is 40.5 Å². The SMILES string of the molecule is OC(O)C(F)CCCCCCF. The second-order valence-corrected chi connectivity index (χ2v) is 2.82. The molecule has 0 aliphatic carbocycles. The van der Waals surface area contributed by atoms with Crippen LogP contribution >= 0.6 is 0 Å². The summed E-state index contributed by atoms with van der Waals surface area (Å²) in [5.74, 6) is 0. The average molecular weight is 182 g/mol. The van der Waals surface area contributed by atoms with Crippen molar-refractivity contribution in [2.24, 2.45) is 0 Å². The molecule has 2 N–H and O–H groups in total. The van der Waals surface area contributed by atoms with Crippen molar-refractivity contribution in [3.8, 4) is 0 Å². The molecule has 0 aromatic carbocycles. The Bertz CT molecular complexity index is 99.1. The summed E-state index contributed by atoms with van der Waals surface area (Å²) in [4.78, 5) is 0. The molecule has 0 aromatic heterocycles. The molecule has 0 rings (SSSR count). The molecule has 1 unspecified atom stereocenters. The molecule has 0 aromatic rings. The third kappa shape index (κ3) is 6.49. The summed E-state index contributed by atoms with van der Waals surface area (Å²) < 4.78 is 24.0. The predicted octanol–water partition coefficient (Wildman–Crippen LogP) is 1.56. The van der Waals surface area contributed by atoms with E-state index >= 15 is 0 Å². The fourth-order valence-corrected chi connectivity index (χ4v) is 0.936. The molecule has 0 spiro atoms. The number of unbranched alkanes of at least 4 members (excludes halogenated alkanes) is 3. The molecule has 0 radical (unpaired) electrons. The number of aliphatic hydroxyl groups excluding tert-OH is 1. The van der Waals surface area contributed by atoms with Crippen LogP contribution < -0.4 is 0 Å². The first-order chi connectivity index (χ1) is 5.68. The molecular weight excluding hydrogens is 166 g/mol. The molecule has 0 heterocycles. The molecule has 4 heteroatoms. The minimum absolute atomic E-state index is 0.143. The van der Waals surface area contributed by atoms with Crippen LogP contribution in [0.15, 0.2) is 0 Å². The lowest BCUT2D eigenvalue weighted by Gasteiger charge is -2.08. The fourth-order valence-electron chi connectivity index (χ4n) is 0.936. The van der Waals surface area contributed by atoms with Gasteiger partial charge in [-0.25, -0.2) is 4.39 Å². The summed E-state index contributed by atoms with van der Waals surface area (Å²) in [6, 6.07) is 0. The van der Waals surface area contributed by atoms with Crippen LogP contribution in [0.2, 0.25) is 0 Å². The normalized spacial score (nSPS) is 13.8. The Balaban J connectivity index is 3.08. The second-order valence-electron chi connectivity index (χ2n) is 2.82. The van der Waals surface area contributed by atoms with Crippen LogP contribution in [0.1, 0.15) is 32.1 Å². The lowest BCUT2D eigenvalue weighted by molar-refractivity contribution is -0.0957. The zero-order valence-corrected chi connectivity index (χ0v) is 7.05. The van der Waals surface area contributed by atoms with Gasteiger partial charge in [0.05, 0.1) is 6.67 Å². The van der Waals surface area contributed by atoms with Gasteiger partial charge < -0.3 is 10.2 Å². The molecule has 0 amide bonds. The molecular formula is C8H16F2O2. The van der Waals surface area contributed by atoms with E-state index in [0.29, 0.717) is 12.8 Å². The van der Waals surface area contributed by atoms with E-state index < -0.39 is 12.5 Å². The van der Waals surface area contributed by atoms with Crippen molar-refractivity contribution < 1.29 is 19.0 Å². The zero-order valence-electron chi connectivity index (χ0n) is 7.05. The Morgan fingerprint density at radius 3 is 2.08 bits per heavy atom. The first-order valence-electron chi connectivity index (χ1n) is 4.24. The Morgan fingerprint density at radius 2 is 1.58 bits per heavy atom. The van der Waals surface area contributed by atoms with Gasteiger partial charge >= 0.3 is 0 Å². The summed E-state index contributed by atoms with van der Waals surface area (Å²) in [5.41, 5.74) is 0. The van der Waals surface area contributed by atoms with Crippen molar-refractivity contribution in [3.63, 3.8) is 0 Å². The van der Waals surface area contributed by atoms with Crippen LogP contribution in [0.3, 0.4) is 0 Å². The van der Waals surface area contributed by atoms with Gasteiger partial charge in [-0.2, -0.15) is 0 Å². The highest BCUT2D eigenvalue weighted by molar-refractivity contribution is 4.57. The molecule has 1 atom stereocenters. The number of halogens is 2. The highest BCUT2D eigenvalue weighted by Gasteiger charge is 2.13. The minimum Gasteiger partial charge on any atom is -0.366 e. The van der Waals surface area contributed by atoms with Gasteiger partial charge in [0.2, 0.25) is 0 Å². The van der Waals surface area contributed by atoms with E-state index in [1.54, 1.807) is 0 Å². The molecule has 0 fully saturated rings. The molecule has 0 aliphatic rings. The van der Waals surface area contributed by atoms with E-state index in [9.17, 15) is 8.78 Å². The molecule has 12 heavy (non-hydrogen) atoms. The molecule has 0 aliphatic heterocycles. The van der Waals surface area contributed by atoms with Crippen LogP contribution in [-0.4, -0.2) is 29.3 Å². The summed E-state index contributed by atoms with van der Waals surface area (Å²) >= 11 is 0. The maximum absolute atomic E-state index is 12.5. The maximum atomic E-state index is 12.5. The van der Waals surface area contributed by atoms with Crippen molar-refractivity contribution in [2.75, 3.05) is 6.67 Å². The minimum atomic E-state index is -1.87. The van der Waals surface area contributed by atoms with Crippen molar-refractivity contribution in [1.82, 2.24) is 0 Å². The molecule has 0 saturated heterocycles. The molecule has 74 valence electrons. The van der Waals surface area contributed by atoms with Crippen LogP contribution in [-0.2, 0) is 0 Å². The number of alkyl halides is 2. The Hall–Kier alpha value is -0.220. The number of rotatable bonds is 7. The number of hydrogen-bond donors (Lipinski definition) is 2. The molecule has 2 nitrogen and oxygen atoms in total. The third-order valence-electron chi connectivity index (χ3n) is 1.69. The Labute approximate surface area is 71.2 Å². The first-order valence-corrected chi connectivity index (χ1v) is 4.24. The van der Waals surface area contributed by atoms with Gasteiger partial charge in [-0.15, -0.1) is 0 Å². The maximum Gasteiger partial charge on any atom is 0.183 e. The van der Waals surface area contributed by atoms with E-state index in [1.165, 1.54) is 0 Å². The summed E-state index contributed by atoms with van der Waals surface area (Å²) in [6.07, 6.45) is -0.704. The first kappa shape index (κ1) is 11.8. The van der Waals surface area contributed by atoms with E-state index in [2.05, 4.69) is 0 Å². The van der Waals surface area contributed by atoms with Gasteiger partial charge in [0.25, 0.3) is 0 Å². The van der Waals surface area contributed by atoms with Gasteiger partial charge in [0.1, 0.15) is 0 Å². The summed E-state index contributed by atoms with van der Waals surface area (Å²) in [5, 5.41) is 16.7. The number of aliphatic hydroxyl groups is 2. The smallest absolute Gasteiger partial charge is 0.183 e. The quantitative estimate of drug-likeness (QED) is 0.463. The van der Waals surface area contributed by atoms with Crippen molar-refractivity contribution in [1.29, 1.82) is 0 Å². The van der Waals surface area contributed by atoms with Crippen LogP contribution in [0.25, 0.3) is 0 Å². The van der Waals surface area contributed by atoms with E-state index in [0.717, 1.165) is 12.8 Å². The third-order valence-corrected chi connectivity index (χ3v) is 1.69. The summed E-state index contributed by atoms with van der Waals surface area (Å²) in [7, 11) is 0. The lowest BCUT2D eigenvalue weighted by atomic mass is 10.1. The van der Waals surface area contributed by atoms with E-state index in [1.807, 2.05) is 0 Å². The Morgan fingerprint density at radius 1 is 1.00 bits per heavy atom. The summed E-state index contributed by atoms with van der Waals surface area (Å²) in [6.45, 7) is -0.332. The number of hydrogen-bond acceptors (Lipinski definition) is 2. The van der Waals surface area contributed by atoms with Gasteiger partial charge in [0.15, 0.2) is 12.5 Å². The van der Waals surface area contributed by atoms with Gasteiger partial charge in [-0.1, -0.05) is 19.3 Å². The van der Waals surface area contributed by atoms with Crippen LogP contribution in [0.5, 0.6) is 0 Å². The predicted molar refractivity (Wildman–Crippen MR) is 42.2 cm³/mol. The monoisotopic (exact) mass is 182 g/mol. The second kappa shape index (κ2) is 7.43. The Kier molecular flexibility index (Phi) is 7.29. The van der Waals surface area contributed by atoms with Gasteiger partial charge in [0, 0.05) is 0 Å². The van der Waals surface area contributed by atoms with Crippen molar-refractivity contribution >= 4 is 0 Å². The van der Waals surface area contributed by atoms with E-state index in [4.69, 9.17) is 10.2 Å². The largest absolute Gasteiger partial charge is 0.366 e. The molecule has 0 bridgehead atoms. The molecule has 0 saturated carbocycles. The van der Waals surface area contributed by atoms with E-state index in [-0.39, 0.29) is 13.1 Å². The van der Waals surface area contributed by atoms with Crippen molar-refractivity contribution in [2.45, 2.75) is 44.6 Å². The fraction of sp³-hybridized carbons (Fsp3) is 1.00. The highest BCUT2D eigenvalue weighted by Crippen LogP contribution is 2.10. The van der Waals surface area contributed by atoms with Crippen LogP contribution in [0, 0.1) is 0 Å².